The first-order chi connectivity index (χ1) is 30.9. The summed E-state index contributed by atoms with van der Waals surface area (Å²) < 4.78 is 0. The van der Waals surface area contributed by atoms with Crippen molar-refractivity contribution >= 4 is 93.0 Å². The molecular formula is C60H56N2Si2. The first-order valence-corrected chi connectivity index (χ1v) is 29.7. The second-order valence-corrected chi connectivity index (χ2v) is 29.6. The van der Waals surface area contributed by atoms with Gasteiger partial charge in [-0.2, -0.15) is 0 Å². The number of para-hydroxylation sites is 2. The van der Waals surface area contributed by atoms with Crippen molar-refractivity contribution in [3.05, 3.63) is 205 Å². The molecule has 64 heavy (non-hydrogen) atoms. The Morgan fingerprint density at radius 1 is 0.328 bits per heavy atom. The molecule has 10 aromatic carbocycles. The van der Waals surface area contributed by atoms with Crippen LogP contribution in [0.15, 0.2) is 194 Å². The highest BCUT2D eigenvalue weighted by atomic mass is 28.3. The minimum absolute atomic E-state index is 1.14. The standard InChI is InChI=1S/C60H56N2Si2/c1-41-37-57(63(3,4)5)51(43-21-13-9-14-22-43)39-55(41)61(47-25-17-11-18-26-47)53-35-31-45-29-30-46-32-36-54(50-34-33-49(53)59(45)60(46)50)62(48-27-19-12-20-28-48)56-40-52(44-23-15-10-16-24-44)58(38-42(56)2)64(6,7)8/h9-40H,1-8H3. The van der Waals surface area contributed by atoms with E-state index >= 15 is 0 Å². The van der Waals surface area contributed by atoms with Gasteiger partial charge in [-0.3, -0.25) is 0 Å². The lowest BCUT2D eigenvalue weighted by molar-refractivity contribution is 1.26. The Labute approximate surface area is 381 Å². The number of aryl methyl sites for hydroxylation is 2. The van der Waals surface area contributed by atoms with E-state index in [1.165, 1.54) is 98.8 Å². The van der Waals surface area contributed by atoms with Crippen LogP contribution >= 0.6 is 0 Å². The Morgan fingerprint density at radius 2 is 0.656 bits per heavy atom. The van der Waals surface area contributed by atoms with Crippen LogP contribution in [0, 0.1) is 13.8 Å². The fourth-order valence-electron chi connectivity index (χ4n) is 9.96. The summed E-state index contributed by atoms with van der Waals surface area (Å²) in [5.41, 5.74) is 14.8. The van der Waals surface area contributed by atoms with Gasteiger partial charge in [-0.05, 0) is 117 Å². The molecule has 0 aliphatic carbocycles. The van der Waals surface area contributed by atoms with Crippen molar-refractivity contribution in [3.63, 3.8) is 0 Å². The molecule has 0 saturated heterocycles. The molecule has 0 radical (unpaired) electrons. The number of benzene rings is 10. The highest BCUT2D eigenvalue weighted by molar-refractivity contribution is 6.90. The summed E-state index contributed by atoms with van der Waals surface area (Å²) >= 11 is 0. The minimum atomic E-state index is -1.72. The van der Waals surface area contributed by atoms with Gasteiger partial charge in [0.2, 0.25) is 0 Å². The average Bonchev–Trinajstić information content (AvgIpc) is 3.30. The molecule has 0 aromatic heterocycles. The minimum Gasteiger partial charge on any atom is -0.310 e. The van der Waals surface area contributed by atoms with Gasteiger partial charge in [-0.1, -0.05) is 195 Å². The summed E-state index contributed by atoms with van der Waals surface area (Å²) in [4.78, 5) is 5.01. The van der Waals surface area contributed by atoms with Crippen LogP contribution in [0.1, 0.15) is 11.1 Å². The lowest BCUT2D eigenvalue weighted by Gasteiger charge is -2.32. The highest BCUT2D eigenvalue weighted by Gasteiger charge is 2.28. The molecule has 10 rings (SSSR count). The summed E-state index contributed by atoms with van der Waals surface area (Å²) in [6.07, 6.45) is 0. The van der Waals surface area contributed by atoms with Crippen molar-refractivity contribution in [3.8, 4) is 22.3 Å². The predicted octanol–water partition coefficient (Wildman–Crippen LogP) is 16.6. The van der Waals surface area contributed by atoms with E-state index in [4.69, 9.17) is 0 Å². The molecule has 0 heterocycles. The number of rotatable bonds is 10. The number of hydrogen-bond acceptors (Lipinski definition) is 2. The Kier molecular flexibility index (Phi) is 10.4. The Balaban J connectivity index is 1.23. The van der Waals surface area contributed by atoms with Crippen molar-refractivity contribution < 1.29 is 0 Å². The SMILES string of the molecule is Cc1cc([Si](C)(C)C)c(-c2ccccc2)cc1N(c1ccccc1)c1ccc2ccc3ccc(N(c4ccccc4)c4cc(-c5ccccc5)c([Si](C)(C)C)cc4C)c4ccc1c2c34. The zero-order chi connectivity index (χ0) is 44.3. The molecule has 10 aromatic rings. The zero-order valence-electron chi connectivity index (χ0n) is 38.4. The maximum atomic E-state index is 2.51. The van der Waals surface area contributed by atoms with Gasteiger partial charge in [0.05, 0.1) is 27.5 Å². The van der Waals surface area contributed by atoms with E-state index in [0.29, 0.717) is 0 Å². The maximum Gasteiger partial charge on any atom is 0.0784 e. The Bertz CT molecular complexity index is 3070. The number of hydrogen-bond donors (Lipinski definition) is 0. The van der Waals surface area contributed by atoms with Crippen molar-refractivity contribution in [2.45, 2.75) is 53.1 Å². The molecule has 0 atom stereocenters. The van der Waals surface area contributed by atoms with Crippen LogP contribution in [0.2, 0.25) is 39.3 Å². The van der Waals surface area contributed by atoms with E-state index < -0.39 is 16.1 Å². The van der Waals surface area contributed by atoms with Crippen molar-refractivity contribution in [2.75, 3.05) is 9.80 Å². The molecule has 0 N–H and O–H groups in total. The predicted molar refractivity (Wildman–Crippen MR) is 286 cm³/mol. The van der Waals surface area contributed by atoms with Gasteiger partial charge in [0.25, 0.3) is 0 Å². The smallest absolute Gasteiger partial charge is 0.0784 e. The molecule has 0 aliphatic heterocycles. The largest absolute Gasteiger partial charge is 0.310 e. The van der Waals surface area contributed by atoms with Gasteiger partial charge in [-0.15, -0.1) is 0 Å². The molecular weight excluding hydrogens is 805 g/mol. The molecule has 0 unspecified atom stereocenters. The second kappa shape index (κ2) is 16.1. The van der Waals surface area contributed by atoms with Gasteiger partial charge in [0, 0.05) is 33.5 Å². The molecule has 0 bridgehead atoms. The van der Waals surface area contributed by atoms with E-state index in [1.54, 1.807) is 0 Å². The quantitative estimate of drug-likeness (QED) is 0.0998. The third-order valence-corrected chi connectivity index (χ3v) is 17.1. The molecule has 0 fully saturated rings. The molecule has 0 aliphatic rings. The Morgan fingerprint density at radius 3 is 1.00 bits per heavy atom. The van der Waals surface area contributed by atoms with Gasteiger partial charge < -0.3 is 9.80 Å². The Hall–Kier alpha value is -6.73. The summed E-state index contributed by atoms with van der Waals surface area (Å²) in [5.74, 6) is 0. The molecule has 2 nitrogen and oxygen atoms in total. The molecule has 4 heteroatoms. The van der Waals surface area contributed by atoms with Crippen molar-refractivity contribution in [1.82, 2.24) is 0 Å². The van der Waals surface area contributed by atoms with Crippen LogP contribution in [0.25, 0.3) is 54.6 Å². The van der Waals surface area contributed by atoms with E-state index in [0.717, 1.165) is 11.4 Å². The fraction of sp³-hybridized carbons (Fsp3) is 0.133. The van der Waals surface area contributed by atoms with E-state index in [2.05, 4.69) is 257 Å². The first kappa shape index (κ1) is 41.3. The van der Waals surface area contributed by atoms with Crippen LogP contribution in [0.3, 0.4) is 0 Å². The van der Waals surface area contributed by atoms with E-state index in [-0.39, 0.29) is 0 Å². The lowest BCUT2D eigenvalue weighted by Crippen LogP contribution is -2.39. The number of anilines is 6. The van der Waals surface area contributed by atoms with Gasteiger partial charge in [0.1, 0.15) is 0 Å². The molecule has 0 amide bonds. The lowest BCUT2D eigenvalue weighted by atomic mass is 9.91. The average molecular weight is 861 g/mol. The zero-order valence-corrected chi connectivity index (χ0v) is 40.4. The van der Waals surface area contributed by atoms with Gasteiger partial charge in [-0.25, -0.2) is 0 Å². The normalized spacial score (nSPS) is 12.1. The fourth-order valence-corrected chi connectivity index (χ4v) is 13.3. The van der Waals surface area contributed by atoms with Crippen LogP contribution in [-0.4, -0.2) is 16.1 Å². The molecule has 0 saturated carbocycles. The first-order valence-electron chi connectivity index (χ1n) is 22.7. The molecule has 314 valence electrons. The third-order valence-electron chi connectivity index (χ3n) is 13.1. The van der Waals surface area contributed by atoms with Crippen LogP contribution < -0.4 is 20.2 Å². The second-order valence-electron chi connectivity index (χ2n) is 19.5. The molecule has 0 spiro atoms. The van der Waals surface area contributed by atoms with Gasteiger partial charge >= 0.3 is 0 Å². The van der Waals surface area contributed by atoms with Gasteiger partial charge in [0.15, 0.2) is 0 Å². The summed E-state index contributed by atoms with van der Waals surface area (Å²) in [5, 5.41) is 10.5. The maximum absolute atomic E-state index is 2.51. The van der Waals surface area contributed by atoms with Crippen LogP contribution in [0.5, 0.6) is 0 Å². The third kappa shape index (κ3) is 7.31. The van der Waals surface area contributed by atoms with Crippen LogP contribution in [0.4, 0.5) is 34.1 Å². The monoisotopic (exact) mass is 860 g/mol. The summed E-state index contributed by atoms with van der Waals surface area (Å²) in [6, 6.07) is 72.5. The highest BCUT2D eigenvalue weighted by Crippen LogP contribution is 2.49. The number of nitrogens with zero attached hydrogens (tertiary/aromatic N) is 2. The van der Waals surface area contributed by atoms with E-state index in [1.807, 2.05) is 0 Å². The summed E-state index contributed by atoms with van der Waals surface area (Å²) in [7, 11) is -3.43. The van der Waals surface area contributed by atoms with Crippen molar-refractivity contribution in [1.29, 1.82) is 0 Å². The van der Waals surface area contributed by atoms with Crippen LogP contribution in [-0.2, 0) is 0 Å². The van der Waals surface area contributed by atoms with Crippen molar-refractivity contribution in [2.24, 2.45) is 0 Å². The van der Waals surface area contributed by atoms with E-state index in [9.17, 15) is 0 Å². The topological polar surface area (TPSA) is 6.48 Å². The summed E-state index contributed by atoms with van der Waals surface area (Å²) in [6.45, 7) is 19.4.